The van der Waals surface area contributed by atoms with Crippen molar-refractivity contribution in [3.8, 4) is 0 Å². The number of likely N-dealkylation sites (N-methyl/N-ethyl adjacent to an activating group) is 1. The van der Waals surface area contributed by atoms with Crippen molar-refractivity contribution >= 4 is 17.8 Å². The van der Waals surface area contributed by atoms with Gasteiger partial charge >= 0.3 is 6.03 Å². The van der Waals surface area contributed by atoms with Crippen LogP contribution in [0, 0.1) is 5.92 Å². The number of hydrogen-bond donors (Lipinski definition) is 1. The van der Waals surface area contributed by atoms with E-state index in [0.29, 0.717) is 31.8 Å². The van der Waals surface area contributed by atoms with Crippen molar-refractivity contribution in [2.75, 3.05) is 26.7 Å². The number of rotatable bonds is 8. The fourth-order valence-electron chi connectivity index (χ4n) is 3.04. The monoisotopic (exact) mass is 345 g/mol. The quantitative estimate of drug-likeness (QED) is 0.735. The van der Waals surface area contributed by atoms with Gasteiger partial charge in [0.1, 0.15) is 6.54 Å². The van der Waals surface area contributed by atoms with Crippen molar-refractivity contribution in [3.05, 3.63) is 35.9 Å². The number of carbonyl (C=O) groups excluding carboxylic acids is 3. The summed E-state index contributed by atoms with van der Waals surface area (Å²) < 4.78 is 0. The maximum Gasteiger partial charge on any atom is 0.326 e. The van der Waals surface area contributed by atoms with Crippen molar-refractivity contribution < 1.29 is 14.4 Å². The smallest absolute Gasteiger partial charge is 0.326 e. The number of urea groups is 1. The van der Waals surface area contributed by atoms with Crippen LogP contribution in [0.3, 0.4) is 0 Å². The molecule has 1 aliphatic heterocycles. The zero-order valence-corrected chi connectivity index (χ0v) is 15.2. The summed E-state index contributed by atoms with van der Waals surface area (Å²) in [7, 11) is 1.60. The first-order chi connectivity index (χ1) is 11.9. The highest BCUT2D eigenvalue weighted by Gasteiger charge is 2.32. The van der Waals surface area contributed by atoms with Gasteiger partial charge in [-0.3, -0.25) is 14.5 Å². The first-order valence-electron chi connectivity index (χ1n) is 8.77. The Labute approximate surface area is 149 Å². The van der Waals surface area contributed by atoms with Gasteiger partial charge in [0, 0.05) is 32.5 Å². The third-order valence-electron chi connectivity index (χ3n) is 4.57. The van der Waals surface area contributed by atoms with Crippen LogP contribution in [0.1, 0.15) is 38.2 Å². The predicted octanol–water partition coefficient (Wildman–Crippen LogP) is 2.22. The molecule has 0 bridgehead atoms. The van der Waals surface area contributed by atoms with Gasteiger partial charge in [0.15, 0.2) is 0 Å². The van der Waals surface area contributed by atoms with Crippen molar-refractivity contribution in [3.63, 3.8) is 0 Å². The van der Waals surface area contributed by atoms with Crippen LogP contribution in [0.4, 0.5) is 4.79 Å². The zero-order valence-electron chi connectivity index (χ0n) is 15.2. The number of hydrogen-bond acceptors (Lipinski definition) is 3. The largest absolute Gasteiger partial charge is 0.355 e. The average molecular weight is 345 g/mol. The van der Waals surface area contributed by atoms with Crippen LogP contribution in [0.2, 0.25) is 0 Å². The summed E-state index contributed by atoms with van der Waals surface area (Å²) in [6.45, 7) is 5.29. The summed E-state index contributed by atoms with van der Waals surface area (Å²) in [4.78, 5) is 38.1. The van der Waals surface area contributed by atoms with Gasteiger partial charge < -0.3 is 10.2 Å². The molecule has 136 valence electrons. The van der Waals surface area contributed by atoms with E-state index >= 15 is 0 Å². The Morgan fingerprint density at radius 3 is 2.44 bits per heavy atom. The molecule has 1 aliphatic rings. The van der Waals surface area contributed by atoms with E-state index in [-0.39, 0.29) is 30.3 Å². The molecule has 1 aromatic carbocycles. The number of nitrogens with zero attached hydrogens (tertiary/aromatic N) is 2. The maximum atomic E-state index is 12.1. The Balaban J connectivity index is 1.76. The topological polar surface area (TPSA) is 69.7 Å². The van der Waals surface area contributed by atoms with Crippen LogP contribution in [0.15, 0.2) is 30.3 Å². The Morgan fingerprint density at radius 2 is 1.88 bits per heavy atom. The molecule has 0 radical (unpaired) electrons. The van der Waals surface area contributed by atoms with E-state index in [2.05, 4.69) is 31.3 Å². The van der Waals surface area contributed by atoms with Crippen LogP contribution in [-0.2, 0) is 9.59 Å². The van der Waals surface area contributed by atoms with Crippen LogP contribution in [-0.4, -0.2) is 54.3 Å². The molecule has 1 N–H and O–H groups in total. The lowest BCUT2D eigenvalue weighted by Crippen LogP contribution is -2.34. The van der Waals surface area contributed by atoms with E-state index in [1.165, 1.54) is 15.4 Å². The van der Waals surface area contributed by atoms with E-state index in [1.54, 1.807) is 7.05 Å². The van der Waals surface area contributed by atoms with E-state index in [1.807, 2.05) is 18.2 Å². The number of nitrogens with one attached hydrogen (secondary N) is 1. The number of carbonyl (C=O) groups is 3. The first kappa shape index (κ1) is 19.0. The lowest BCUT2D eigenvalue weighted by molar-refractivity contribution is -0.126. The van der Waals surface area contributed by atoms with E-state index in [0.717, 1.165) is 0 Å². The molecule has 1 saturated heterocycles. The normalized spacial score (nSPS) is 15.8. The highest BCUT2D eigenvalue weighted by molar-refractivity contribution is 6.01. The zero-order chi connectivity index (χ0) is 18.4. The number of imide groups is 1. The number of amides is 4. The summed E-state index contributed by atoms with van der Waals surface area (Å²) in [5.41, 5.74) is 1.22. The van der Waals surface area contributed by atoms with Crippen LogP contribution in [0.25, 0.3) is 0 Å². The average Bonchev–Trinajstić information content (AvgIpc) is 2.82. The SMILES string of the molecule is CC(C)[C@@H](CNC(=O)CCCN1C(=O)CN(C)C1=O)c1ccccc1. The molecule has 1 aromatic rings. The van der Waals surface area contributed by atoms with Crippen LogP contribution >= 0.6 is 0 Å². The van der Waals surface area contributed by atoms with Gasteiger partial charge in [-0.05, 0) is 17.9 Å². The standard InChI is InChI=1S/C19H27N3O3/c1-14(2)16(15-8-5-4-6-9-15)12-20-17(23)10-7-11-22-18(24)13-21(3)19(22)25/h4-6,8-9,14,16H,7,10-13H2,1-3H3,(H,20,23)/t16-/m1/s1. The third-order valence-corrected chi connectivity index (χ3v) is 4.57. The lowest BCUT2D eigenvalue weighted by atomic mass is 9.88. The molecule has 0 spiro atoms. The van der Waals surface area contributed by atoms with Gasteiger partial charge in [-0.1, -0.05) is 44.2 Å². The second-order valence-electron chi connectivity index (χ2n) is 6.85. The highest BCUT2D eigenvalue weighted by atomic mass is 16.2. The molecule has 0 aliphatic carbocycles. The second kappa shape index (κ2) is 8.65. The summed E-state index contributed by atoms with van der Waals surface area (Å²) in [5.74, 6) is 0.435. The van der Waals surface area contributed by atoms with E-state index in [4.69, 9.17) is 0 Å². The molecule has 1 atom stereocenters. The second-order valence-corrected chi connectivity index (χ2v) is 6.85. The van der Waals surface area contributed by atoms with Crippen molar-refractivity contribution in [2.45, 2.75) is 32.6 Å². The minimum Gasteiger partial charge on any atom is -0.355 e. The summed E-state index contributed by atoms with van der Waals surface area (Å²) in [6.07, 6.45) is 0.787. The van der Waals surface area contributed by atoms with Gasteiger partial charge in [0.2, 0.25) is 11.8 Å². The van der Waals surface area contributed by atoms with Gasteiger partial charge in [-0.2, -0.15) is 0 Å². The summed E-state index contributed by atoms with van der Waals surface area (Å²) in [5, 5.41) is 2.98. The summed E-state index contributed by atoms with van der Waals surface area (Å²) in [6, 6.07) is 9.88. The van der Waals surface area contributed by atoms with Gasteiger partial charge in [0.05, 0.1) is 0 Å². The van der Waals surface area contributed by atoms with Gasteiger partial charge in [-0.15, -0.1) is 0 Å². The maximum absolute atomic E-state index is 12.1. The molecule has 2 rings (SSSR count). The molecule has 6 nitrogen and oxygen atoms in total. The minimum absolute atomic E-state index is 0.0472. The lowest BCUT2D eigenvalue weighted by Gasteiger charge is -2.22. The van der Waals surface area contributed by atoms with Crippen molar-refractivity contribution in [2.24, 2.45) is 5.92 Å². The Bertz CT molecular complexity index is 616. The van der Waals surface area contributed by atoms with Gasteiger partial charge in [-0.25, -0.2) is 4.79 Å². The van der Waals surface area contributed by atoms with Crippen molar-refractivity contribution in [1.29, 1.82) is 0 Å². The van der Waals surface area contributed by atoms with E-state index in [9.17, 15) is 14.4 Å². The fraction of sp³-hybridized carbons (Fsp3) is 0.526. The summed E-state index contributed by atoms with van der Waals surface area (Å²) >= 11 is 0. The molecule has 6 heteroatoms. The predicted molar refractivity (Wildman–Crippen MR) is 96.0 cm³/mol. The molecular formula is C19H27N3O3. The van der Waals surface area contributed by atoms with Crippen LogP contribution in [0.5, 0.6) is 0 Å². The fourth-order valence-corrected chi connectivity index (χ4v) is 3.04. The van der Waals surface area contributed by atoms with E-state index < -0.39 is 0 Å². The van der Waals surface area contributed by atoms with Crippen LogP contribution < -0.4 is 5.32 Å². The molecule has 1 heterocycles. The molecule has 0 unspecified atom stereocenters. The third kappa shape index (κ3) is 5.05. The van der Waals surface area contributed by atoms with Crippen molar-refractivity contribution in [1.82, 2.24) is 15.1 Å². The molecule has 0 saturated carbocycles. The highest BCUT2D eigenvalue weighted by Crippen LogP contribution is 2.23. The Morgan fingerprint density at radius 1 is 1.20 bits per heavy atom. The molecular weight excluding hydrogens is 318 g/mol. The molecule has 0 aromatic heterocycles. The number of benzene rings is 1. The molecule has 25 heavy (non-hydrogen) atoms. The minimum atomic E-state index is -0.283. The Hall–Kier alpha value is -2.37. The molecule has 4 amide bonds. The Kier molecular flexibility index (Phi) is 6.56. The molecule has 1 fully saturated rings. The first-order valence-corrected chi connectivity index (χ1v) is 8.77. The van der Waals surface area contributed by atoms with Gasteiger partial charge in [0.25, 0.3) is 0 Å².